The summed E-state index contributed by atoms with van der Waals surface area (Å²) in [6.07, 6.45) is 0. The van der Waals surface area contributed by atoms with Gasteiger partial charge in [-0.3, -0.25) is 14.9 Å². The number of methoxy groups -OCH3 is 1. The van der Waals surface area contributed by atoms with Crippen LogP contribution in [0.1, 0.15) is 10.4 Å². The minimum atomic E-state index is -0.607. The number of likely N-dealkylation sites (N-methyl/N-ethyl adjacent to an activating group) is 1. The first-order valence-corrected chi connectivity index (χ1v) is 6.45. The maximum absolute atomic E-state index is 11.9. The zero-order valence-electron chi connectivity index (χ0n) is 12.2. The molecule has 3 N–H and O–H groups in total. The summed E-state index contributed by atoms with van der Waals surface area (Å²) in [5.41, 5.74) is 5.48. The fourth-order valence-corrected chi connectivity index (χ4v) is 1.66. The molecular weight excluding hydrogens is 276 g/mol. The van der Waals surface area contributed by atoms with Crippen molar-refractivity contribution in [2.45, 2.75) is 0 Å². The second kappa shape index (κ2) is 8.18. The average Bonchev–Trinajstić information content (AvgIpc) is 2.45. The number of carbonyl (C=O) groups is 1. The Labute approximate surface area is 123 Å². The molecule has 0 saturated carbocycles. The van der Waals surface area contributed by atoms with Crippen LogP contribution in [0.25, 0.3) is 0 Å². The summed E-state index contributed by atoms with van der Waals surface area (Å²) in [5, 5.41) is 13.5. The number of hydrogen-bond acceptors (Lipinski definition) is 6. The number of nitrogen functional groups attached to an aromatic ring is 1. The lowest BCUT2D eigenvalue weighted by molar-refractivity contribution is -0.383. The van der Waals surface area contributed by atoms with Crippen molar-refractivity contribution < 1.29 is 14.5 Å². The van der Waals surface area contributed by atoms with E-state index in [4.69, 9.17) is 10.5 Å². The first-order valence-electron chi connectivity index (χ1n) is 6.45. The molecule has 1 aromatic carbocycles. The van der Waals surface area contributed by atoms with Gasteiger partial charge in [0.2, 0.25) is 0 Å². The van der Waals surface area contributed by atoms with Crippen LogP contribution < -0.4 is 11.1 Å². The number of nitro groups is 1. The Morgan fingerprint density at radius 1 is 1.48 bits per heavy atom. The van der Waals surface area contributed by atoms with Gasteiger partial charge >= 0.3 is 0 Å². The standard InChI is InChI=1S/C13H20N4O4/c1-16(7-8-21-2)6-5-15-13(18)10-3-4-11(14)12(9-10)17(19)20/h3-4,9H,5-8,14H2,1-2H3,(H,15,18). The summed E-state index contributed by atoms with van der Waals surface area (Å²) < 4.78 is 4.95. The van der Waals surface area contributed by atoms with E-state index < -0.39 is 4.92 Å². The minimum Gasteiger partial charge on any atom is -0.393 e. The normalized spacial score (nSPS) is 10.6. The van der Waals surface area contributed by atoms with Crippen molar-refractivity contribution in [3.8, 4) is 0 Å². The number of nitrogens with one attached hydrogen (secondary N) is 1. The lowest BCUT2D eigenvalue weighted by atomic mass is 10.1. The molecule has 21 heavy (non-hydrogen) atoms. The van der Waals surface area contributed by atoms with Gasteiger partial charge in [0.15, 0.2) is 0 Å². The maximum atomic E-state index is 11.9. The largest absolute Gasteiger partial charge is 0.393 e. The molecule has 0 spiro atoms. The van der Waals surface area contributed by atoms with E-state index in [1.165, 1.54) is 18.2 Å². The number of hydrogen-bond donors (Lipinski definition) is 2. The molecule has 0 aliphatic rings. The van der Waals surface area contributed by atoms with Crippen molar-refractivity contribution in [3.63, 3.8) is 0 Å². The monoisotopic (exact) mass is 296 g/mol. The summed E-state index contributed by atoms with van der Waals surface area (Å²) in [5.74, 6) is -0.363. The number of ether oxygens (including phenoxy) is 1. The lowest BCUT2D eigenvalue weighted by Gasteiger charge is -2.16. The summed E-state index contributed by atoms with van der Waals surface area (Å²) in [6, 6.07) is 4.00. The third-order valence-electron chi connectivity index (χ3n) is 2.95. The molecule has 0 bridgehead atoms. The van der Waals surface area contributed by atoms with Crippen LogP contribution in [0, 0.1) is 10.1 Å². The quantitative estimate of drug-likeness (QED) is 0.410. The molecule has 1 rings (SSSR count). The Balaban J connectivity index is 2.53. The average molecular weight is 296 g/mol. The van der Waals surface area contributed by atoms with E-state index >= 15 is 0 Å². The molecule has 0 heterocycles. The van der Waals surface area contributed by atoms with Gasteiger partial charge in [0.05, 0.1) is 11.5 Å². The second-order valence-corrected chi connectivity index (χ2v) is 4.58. The number of rotatable bonds is 8. The maximum Gasteiger partial charge on any atom is 0.292 e. The van der Waals surface area contributed by atoms with Gasteiger partial charge in [-0.1, -0.05) is 0 Å². The molecule has 0 atom stereocenters. The predicted molar refractivity (Wildman–Crippen MR) is 79.2 cm³/mol. The number of anilines is 1. The highest BCUT2D eigenvalue weighted by Crippen LogP contribution is 2.22. The fourth-order valence-electron chi connectivity index (χ4n) is 1.66. The topological polar surface area (TPSA) is 111 Å². The first-order chi connectivity index (χ1) is 9.95. The van der Waals surface area contributed by atoms with E-state index in [0.29, 0.717) is 19.7 Å². The van der Waals surface area contributed by atoms with E-state index in [1.807, 2.05) is 11.9 Å². The first kappa shape index (κ1) is 16.9. The molecule has 0 saturated heterocycles. The third-order valence-corrected chi connectivity index (χ3v) is 2.95. The lowest BCUT2D eigenvalue weighted by Crippen LogP contribution is -2.34. The molecule has 0 aliphatic heterocycles. The zero-order valence-corrected chi connectivity index (χ0v) is 12.2. The van der Waals surface area contributed by atoms with Crippen LogP contribution in [0.2, 0.25) is 0 Å². The number of nitrogens with zero attached hydrogens (tertiary/aromatic N) is 2. The Bertz CT molecular complexity index is 507. The van der Waals surface area contributed by atoms with Crippen molar-refractivity contribution >= 4 is 17.3 Å². The summed E-state index contributed by atoms with van der Waals surface area (Å²) in [6.45, 7) is 2.48. The molecule has 1 amide bonds. The van der Waals surface area contributed by atoms with Gasteiger partial charge in [0.1, 0.15) is 5.69 Å². The number of nitro benzene ring substituents is 1. The Kier molecular flexibility index (Phi) is 6.57. The van der Waals surface area contributed by atoms with E-state index in [0.717, 1.165) is 6.54 Å². The van der Waals surface area contributed by atoms with E-state index in [1.54, 1.807) is 7.11 Å². The molecular formula is C13H20N4O4. The molecule has 8 nitrogen and oxygen atoms in total. The molecule has 0 aromatic heterocycles. The number of amides is 1. The van der Waals surface area contributed by atoms with Crippen LogP contribution in [0.3, 0.4) is 0 Å². The zero-order chi connectivity index (χ0) is 15.8. The van der Waals surface area contributed by atoms with Crippen molar-refractivity contribution in [2.24, 2.45) is 0 Å². The number of benzene rings is 1. The van der Waals surface area contributed by atoms with Gasteiger partial charge in [0.25, 0.3) is 11.6 Å². The second-order valence-electron chi connectivity index (χ2n) is 4.58. The Hall–Kier alpha value is -2.19. The van der Waals surface area contributed by atoms with Gasteiger partial charge in [0, 0.05) is 38.4 Å². The molecule has 8 heteroatoms. The van der Waals surface area contributed by atoms with Crippen molar-refractivity contribution in [2.75, 3.05) is 46.1 Å². The van der Waals surface area contributed by atoms with Gasteiger partial charge in [-0.15, -0.1) is 0 Å². The van der Waals surface area contributed by atoms with Crippen LogP contribution in [0.15, 0.2) is 18.2 Å². The highest BCUT2D eigenvalue weighted by Gasteiger charge is 2.15. The minimum absolute atomic E-state index is 0.0378. The molecule has 0 fully saturated rings. The van der Waals surface area contributed by atoms with Crippen LogP contribution in [-0.4, -0.2) is 56.1 Å². The molecule has 0 radical (unpaired) electrons. The molecule has 1 aromatic rings. The van der Waals surface area contributed by atoms with Gasteiger partial charge < -0.3 is 20.7 Å². The van der Waals surface area contributed by atoms with Crippen molar-refractivity contribution in [1.29, 1.82) is 0 Å². The smallest absolute Gasteiger partial charge is 0.292 e. The summed E-state index contributed by atoms with van der Waals surface area (Å²) in [4.78, 5) is 24.1. The Morgan fingerprint density at radius 2 is 2.19 bits per heavy atom. The highest BCUT2D eigenvalue weighted by atomic mass is 16.6. The van der Waals surface area contributed by atoms with Gasteiger partial charge in [-0.25, -0.2) is 0 Å². The van der Waals surface area contributed by atoms with E-state index in [-0.39, 0.29) is 22.8 Å². The highest BCUT2D eigenvalue weighted by molar-refractivity contribution is 5.95. The molecule has 0 unspecified atom stereocenters. The van der Waals surface area contributed by atoms with Crippen LogP contribution in [-0.2, 0) is 4.74 Å². The van der Waals surface area contributed by atoms with Crippen LogP contribution in [0.5, 0.6) is 0 Å². The summed E-state index contributed by atoms with van der Waals surface area (Å²) in [7, 11) is 3.54. The third kappa shape index (κ3) is 5.36. The SMILES string of the molecule is COCCN(C)CCNC(=O)c1ccc(N)c([N+](=O)[O-])c1. The molecule has 0 aliphatic carbocycles. The Morgan fingerprint density at radius 3 is 2.81 bits per heavy atom. The van der Waals surface area contributed by atoms with E-state index in [9.17, 15) is 14.9 Å². The summed E-state index contributed by atoms with van der Waals surface area (Å²) >= 11 is 0. The van der Waals surface area contributed by atoms with Gasteiger partial charge in [-0.2, -0.15) is 0 Å². The fraction of sp³-hybridized carbons (Fsp3) is 0.462. The van der Waals surface area contributed by atoms with Crippen molar-refractivity contribution in [1.82, 2.24) is 10.2 Å². The van der Waals surface area contributed by atoms with Gasteiger partial charge in [-0.05, 0) is 19.2 Å². The van der Waals surface area contributed by atoms with E-state index in [2.05, 4.69) is 5.32 Å². The number of carbonyl (C=O) groups excluding carboxylic acids is 1. The van der Waals surface area contributed by atoms with Crippen LogP contribution >= 0.6 is 0 Å². The van der Waals surface area contributed by atoms with Crippen molar-refractivity contribution in [3.05, 3.63) is 33.9 Å². The number of nitrogens with two attached hydrogens (primary N) is 1. The van der Waals surface area contributed by atoms with Crippen LogP contribution in [0.4, 0.5) is 11.4 Å². The molecule has 116 valence electrons. The predicted octanol–water partition coefficient (Wildman–Crippen LogP) is 0.485.